The van der Waals surface area contributed by atoms with E-state index in [4.69, 9.17) is 0 Å². The second-order valence-corrected chi connectivity index (χ2v) is 5.48. The Balaban J connectivity index is 1.93. The summed E-state index contributed by atoms with van der Waals surface area (Å²) in [6.07, 6.45) is 0. The highest BCUT2D eigenvalue weighted by molar-refractivity contribution is 5.63. The first-order valence-electron chi connectivity index (χ1n) is 7.49. The van der Waals surface area contributed by atoms with Crippen LogP contribution in [0.1, 0.15) is 11.4 Å². The molecule has 0 aliphatic heterocycles. The van der Waals surface area contributed by atoms with E-state index in [1.165, 1.54) is 11.6 Å². The minimum absolute atomic E-state index is 0.276. The van der Waals surface area contributed by atoms with Crippen LogP contribution in [0.25, 0.3) is 11.3 Å². The molecule has 116 valence electrons. The highest BCUT2D eigenvalue weighted by Crippen LogP contribution is 2.24. The van der Waals surface area contributed by atoms with Crippen molar-refractivity contribution >= 4 is 5.82 Å². The summed E-state index contributed by atoms with van der Waals surface area (Å²) in [4.78, 5) is 10.9. The van der Waals surface area contributed by atoms with Gasteiger partial charge >= 0.3 is 0 Å². The maximum atomic E-state index is 14.0. The zero-order chi connectivity index (χ0) is 16.2. The molecule has 23 heavy (non-hydrogen) atoms. The average molecular weight is 307 g/mol. The van der Waals surface area contributed by atoms with Gasteiger partial charge in [0.15, 0.2) is 0 Å². The predicted octanol–water partition coefficient (Wildman–Crippen LogP) is 4.23. The summed E-state index contributed by atoms with van der Waals surface area (Å²) < 4.78 is 14.0. The van der Waals surface area contributed by atoms with Crippen molar-refractivity contribution in [3.63, 3.8) is 0 Å². The van der Waals surface area contributed by atoms with Crippen LogP contribution in [-0.4, -0.2) is 17.0 Å². The monoisotopic (exact) mass is 307 g/mol. The van der Waals surface area contributed by atoms with Crippen molar-refractivity contribution in [2.45, 2.75) is 13.5 Å². The average Bonchev–Trinajstić information content (AvgIpc) is 2.55. The first kappa shape index (κ1) is 15.2. The van der Waals surface area contributed by atoms with Gasteiger partial charge in [0.05, 0.1) is 5.69 Å². The van der Waals surface area contributed by atoms with Gasteiger partial charge in [-0.2, -0.15) is 0 Å². The third-order valence-electron chi connectivity index (χ3n) is 3.63. The SMILES string of the molecule is Cc1nc(-c2ccccc2F)cc(N(C)Cc2ccccc2)n1. The van der Waals surface area contributed by atoms with Crippen molar-refractivity contribution in [1.29, 1.82) is 0 Å². The second-order valence-electron chi connectivity index (χ2n) is 5.48. The maximum absolute atomic E-state index is 14.0. The summed E-state index contributed by atoms with van der Waals surface area (Å²) in [5.41, 5.74) is 2.29. The molecular formula is C19H18FN3. The van der Waals surface area contributed by atoms with Crippen molar-refractivity contribution in [2.24, 2.45) is 0 Å². The van der Waals surface area contributed by atoms with E-state index in [0.29, 0.717) is 17.1 Å². The van der Waals surface area contributed by atoms with E-state index in [1.54, 1.807) is 12.1 Å². The van der Waals surface area contributed by atoms with Crippen molar-refractivity contribution in [3.05, 3.63) is 77.9 Å². The van der Waals surface area contributed by atoms with Gasteiger partial charge in [-0.05, 0) is 24.6 Å². The maximum Gasteiger partial charge on any atom is 0.132 e. The fourth-order valence-corrected chi connectivity index (χ4v) is 2.49. The summed E-state index contributed by atoms with van der Waals surface area (Å²) in [5.74, 6) is 1.13. The van der Waals surface area contributed by atoms with Gasteiger partial charge in [0.25, 0.3) is 0 Å². The molecule has 0 fully saturated rings. The van der Waals surface area contributed by atoms with E-state index in [1.807, 2.05) is 49.2 Å². The van der Waals surface area contributed by atoms with Gasteiger partial charge in [0, 0.05) is 25.2 Å². The summed E-state index contributed by atoms with van der Waals surface area (Å²) in [6, 6.07) is 18.7. The van der Waals surface area contributed by atoms with Crippen LogP contribution < -0.4 is 4.90 Å². The van der Waals surface area contributed by atoms with Gasteiger partial charge in [-0.25, -0.2) is 14.4 Å². The van der Waals surface area contributed by atoms with E-state index >= 15 is 0 Å². The second kappa shape index (κ2) is 6.57. The molecule has 0 atom stereocenters. The van der Waals surface area contributed by atoms with Crippen LogP contribution in [0.2, 0.25) is 0 Å². The Kier molecular flexibility index (Phi) is 4.33. The number of aryl methyl sites for hydroxylation is 1. The Morgan fingerprint density at radius 1 is 0.957 bits per heavy atom. The molecule has 0 amide bonds. The predicted molar refractivity (Wildman–Crippen MR) is 90.7 cm³/mol. The Hall–Kier alpha value is -2.75. The molecule has 3 aromatic rings. The van der Waals surface area contributed by atoms with Crippen LogP contribution in [0.4, 0.5) is 10.2 Å². The van der Waals surface area contributed by atoms with Crippen LogP contribution in [0, 0.1) is 12.7 Å². The van der Waals surface area contributed by atoms with Crippen LogP contribution in [-0.2, 0) is 6.54 Å². The van der Waals surface area contributed by atoms with E-state index in [0.717, 1.165) is 12.4 Å². The molecule has 0 radical (unpaired) electrons. The molecule has 4 heteroatoms. The quantitative estimate of drug-likeness (QED) is 0.722. The molecule has 0 N–H and O–H groups in total. The number of halogens is 1. The minimum atomic E-state index is -0.276. The lowest BCUT2D eigenvalue weighted by atomic mass is 10.1. The number of anilines is 1. The molecule has 1 heterocycles. The van der Waals surface area contributed by atoms with Crippen LogP contribution in [0.15, 0.2) is 60.7 Å². The largest absolute Gasteiger partial charge is 0.355 e. The first-order valence-corrected chi connectivity index (χ1v) is 7.49. The fraction of sp³-hybridized carbons (Fsp3) is 0.158. The summed E-state index contributed by atoms with van der Waals surface area (Å²) >= 11 is 0. The lowest BCUT2D eigenvalue weighted by Crippen LogP contribution is -2.18. The molecule has 3 nitrogen and oxygen atoms in total. The molecule has 0 unspecified atom stereocenters. The number of hydrogen-bond donors (Lipinski definition) is 0. The Labute approximate surface area is 135 Å². The Morgan fingerprint density at radius 3 is 2.39 bits per heavy atom. The van der Waals surface area contributed by atoms with Crippen molar-refractivity contribution in [2.75, 3.05) is 11.9 Å². The first-order chi connectivity index (χ1) is 11.1. The minimum Gasteiger partial charge on any atom is -0.355 e. The third kappa shape index (κ3) is 3.54. The molecule has 3 rings (SSSR count). The van der Waals surface area contributed by atoms with E-state index < -0.39 is 0 Å². The van der Waals surface area contributed by atoms with Crippen LogP contribution >= 0.6 is 0 Å². The lowest BCUT2D eigenvalue weighted by Gasteiger charge is -2.19. The highest BCUT2D eigenvalue weighted by atomic mass is 19.1. The van der Waals surface area contributed by atoms with Crippen LogP contribution in [0.5, 0.6) is 0 Å². The zero-order valence-electron chi connectivity index (χ0n) is 13.2. The smallest absolute Gasteiger partial charge is 0.132 e. The lowest BCUT2D eigenvalue weighted by molar-refractivity contribution is 0.630. The Bertz CT molecular complexity index is 803. The van der Waals surface area contributed by atoms with Crippen molar-refractivity contribution < 1.29 is 4.39 Å². The molecule has 1 aromatic heterocycles. The highest BCUT2D eigenvalue weighted by Gasteiger charge is 2.11. The zero-order valence-corrected chi connectivity index (χ0v) is 13.2. The topological polar surface area (TPSA) is 29.0 Å². The number of benzene rings is 2. The molecule has 0 saturated heterocycles. The molecule has 2 aromatic carbocycles. The van der Waals surface area contributed by atoms with Gasteiger partial charge in [0.1, 0.15) is 17.5 Å². The summed E-state index contributed by atoms with van der Waals surface area (Å²) in [7, 11) is 1.97. The number of hydrogen-bond acceptors (Lipinski definition) is 3. The van der Waals surface area contributed by atoms with Crippen molar-refractivity contribution in [1.82, 2.24) is 9.97 Å². The Morgan fingerprint density at radius 2 is 1.65 bits per heavy atom. The number of aromatic nitrogens is 2. The molecule has 0 aliphatic carbocycles. The van der Waals surface area contributed by atoms with Gasteiger partial charge in [0.2, 0.25) is 0 Å². The summed E-state index contributed by atoms with van der Waals surface area (Å²) in [6.45, 7) is 2.55. The van der Waals surface area contributed by atoms with Gasteiger partial charge in [-0.15, -0.1) is 0 Å². The summed E-state index contributed by atoms with van der Waals surface area (Å²) in [5, 5.41) is 0. The van der Waals surface area contributed by atoms with Gasteiger partial charge in [-0.3, -0.25) is 0 Å². The van der Waals surface area contributed by atoms with Gasteiger partial charge < -0.3 is 4.90 Å². The van der Waals surface area contributed by atoms with E-state index in [2.05, 4.69) is 22.1 Å². The van der Waals surface area contributed by atoms with Gasteiger partial charge in [-0.1, -0.05) is 42.5 Å². The third-order valence-corrected chi connectivity index (χ3v) is 3.63. The normalized spacial score (nSPS) is 10.6. The number of nitrogens with zero attached hydrogens (tertiary/aromatic N) is 3. The van der Waals surface area contributed by atoms with Crippen LogP contribution in [0.3, 0.4) is 0 Å². The number of rotatable bonds is 4. The molecular weight excluding hydrogens is 289 g/mol. The van der Waals surface area contributed by atoms with E-state index in [9.17, 15) is 4.39 Å². The van der Waals surface area contributed by atoms with E-state index in [-0.39, 0.29) is 5.82 Å². The van der Waals surface area contributed by atoms with Crippen molar-refractivity contribution in [3.8, 4) is 11.3 Å². The molecule has 0 spiro atoms. The molecule has 0 bridgehead atoms. The standard InChI is InChI=1S/C19H18FN3/c1-14-21-18(16-10-6-7-11-17(16)20)12-19(22-14)23(2)13-15-8-4-3-5-9-15/h3-12H,13H2,1-2H3. The molecule has 0 aliphatic rings. The molecule has 0 saturated carbocycles. The fourth-order valence-electron chi connectivity index (χ4n) is 2.49.